The van der Waals surface area contributed by atoms with Gasteiger partial charge in [-0.3, -0.25) is 4.79 Å². The Bertz CT molecular complexity index is 674. The van der Waals surface area contributed by atoms with E-state index in [1.807, 2.05) is 0 Å². The molecular formula is C17H16O4. The number of phenolic OH excluding ortho intramolecular Hbond substituents is 1. The van der Waals surface area contributed by atoms with Gasteiger partial charge in [-0.05, 0) is 24.3 Å². The molecule has 0 unspecified atom stereocenters. The summed E-state index contributed by atoms with van der Waals surface area (Å²) in [5.41, 5.74) is 0.417. The molecule has 21 heavy (non-hydrogen) atoms. The first-order chi connectivity index (χ1) is 10.0. The molecule has 0 saturated heterocycles. The van der Waals surface area contributed by atoms with Crippen LogP contribution in [0.1, 0.15) is 34.6 Å². The molecule has 1 N–H and O–H groups in total. The van der Waals surface area contributed by atoms with E-state index in [-0.39, 0.29) is 28.8 Å². The number of ether oxygens (including phenoxy) is 1. The molecule has 0 aliphatic carbocycles. The van der Waals surface area contributed by atoms with Gasteiger partial charge in [0.05, 0.1) is 5.56 Å². The highest BCUT2D eigenvalue weighted by Crippen LogP contribution is 2.24. The van der Waals surface area contributed by atoms with Crippen molar-refractivity contribution in [2.75, 3.05) is 0 Å². The van der Waals surface area contributed by atoms with Gasteiger partial charge >= 0.3 is 5.97 Å². The normalized spacial score (nSPS) is 10.4. The van der Waals surface area contributed by atoms with Crippen molar-refractivity contribution < 1.29 is 19.4 Å². The Balaban J connectivity index is 2.30. The SMILES string of the molecule is CC(C)C(=O)c1ccccc1OC(=O)c1ccccc1O. The van der Waals surface area contributed by atoms with Gasteiger partial charge in [-0.1, -0.05) is 38.1 Å². The van der Waals surface area contributed by atoms with E-state index in [4.69, 9.17) is 4.74 Å². The number of rotatable bonds is 4. The summed E-state index contributed by atoms with van der Waals surface area (Å²) in [5.74, 6) is -0.956. The molecule has 2 aromatic carbocycles. The van der Waals surface area contributed by atoms with Crippen molar-refractivity contribution in [3.05, 3.63) is 59.7 Å². The second-order valence-electron chi connectivity index (χ2n) is 4.92. The van der Waals surface area contributed by atoms with Crippen LogP contribution >= 0.6 is 0 Å². The predicted octanol–water partition coefficient (Wildman–Crippen LogP) is 3.45. The van der Waals surface area contributed by atoms with Crippen molar-refractivity contribution in [1.82, 2.24) is 0 Å². The number of esters is 1. The van der Waals surface area contributed by atoms with Crippen LogP contribution in [0.4, 0.5) is 0 Å². The summed E-state index contributed by atoms with van der Waals surface area (Å²) in [6.07, 6.45) is 0. The topological polar surface area (TPSA) is 63.6 Å². The van der Waals surface area contributed by atoms with Gasteiger partial charge in [-0.15, -0.1) is 0 Å². The number of ketones is 1. The number of aromatic hydroxyl groups is 1. The number of para-hydroxylation sites is 2. The summed E-state index contributed by atoms with van der Waals surface area (Å²) in [6, 6.07) is 12.7. The van der Waals surface area contributed by atoms with Crippen molar-refractivity contribution >= 4 is 11.8 Å². The van der Waals surface area contributed by atoms with E-state index < -0.39 is 5.97 Å². The quantitative estimate of drug-likeness (QED) is 0.530. The maximum absolute atomic E-state index is 12.1. The highest BCUT2D eigenvalue weighted by Gasteiger charge is 2.19. The van der Waals surface area contributed by atoms with Gasteiger partial charge in [-0.2, -0.15) is 0 Å². The number of hydrogen-bond acceptors (Lipinski definition) is 4. The summed E-state index contributed by atoms with van der Waals surface area (Å²) >= 11 is 0. The van der Waals surface area contributed by atoms with Crippen LogP contribution in [-0.2, 0) is 0 Å². The van der Waals surface area contributed by atoms with Gasteiger partial charge in [0, 0.05) is 5.92 Å². The lowest BCUT2D eigenvalue weighted by Crippen LogP contribution is -2.14. The molecule has 0 aliphatic heterocycles. The minimum absolute atomic E-state index is 0.0595. The van der Waals surface area contributed by atoms with Gasteiger partial charge in [0.1, 0.15) is 17.1 Å². The molecule has 108 valence electrons. The molecule has 0 bridgehead atoms. The summed E-state index contributed by atoms with van der Waals surface area (Å²) in [5, 5.41) is 9.66. The van der Waals surface area contributed by atoms with Gasteiger partial charge in [0.2, 0.25) is 0 Å². The zero-order valence-electron chi connectivity index (χ0n) is 11.9. The van der Waals surface area contributed by atoms with Crippen LogP contribution in [0.25, 0.3) is 0 Å². The van der Waals surface area contributed by atoms with Crippen molar-refractivity contribution in [2.24, 2.45) is 5.92 Å². The third-order valence-electron chi connectivity index (χ3n) is 3.00. The van der Waals surface area contributed by atoms with E-state index in [0.29, 0.717) is 5.56 Å². The van der Waals surface area contributed by atoms with Crippen LogP contribution < -0.4 is 4.74 Å². The Kier molecular flexibility index (Phi) is 4.38. The maximum Gasteiger partial charge on any atom is 0.347 e. The number of carbonyl (C=O) groups is 2. The van der Waals surface area contributed by atoms with Crippen LogP contribution in [0.2, 0.25) is 0 Å². The molecule has 0 saturated carbocycles. The average Bonchev–Trinajstić information content (AvgIpc) is 2.47. The molecule has 0 aromatic heterocycles. The second kappa shape index (κ2) is 6.22. The van der Waals surface area contributed by atoms with Crippen molar-refractivity contribution in [3.8, 4) is 11.5 Å². The zero-order valence-corrected chi connectivity index (χ0v) is 11.9. The number of phenols is 1. The minimum Gasteiger partial charge on any atom is -0.507 e. The maximum atomic E-state index is 12.1. The smallest absolute Gasteiger partial charge is 0.347 e. The highest BCUT2D eigenvalue weighted by molar-refractivity contribution is 6.01. The first kappa shape index (κ1) is 14.8. The molecule has 0 aliphatic rings. The summed E-state index contributed by atoms with van der Waals surface area (Å²) in [7, 11) is 0. The molecule has 0 spiro atoms. The van der Waals surface area contributed by atoms with E-state index in [1.165, 1.54) is 12.1 Å². The van der Waals surface area contributed by atoms with Crippen LogP contribution in [0.15, 0.2) is 48.5 Å². The molecule has 4 heteroatoms. The van der Waals surface area contributed by atoms with Crippen LogP contribution in [0.3, 0.4) is 0 Å². The molecule has 4 nitrogen and oxygen atoms in total. The molecule has 2 rings (SSSR count). The van der Waals surface area contributed by atoms with Crippen LogP contribution in [-0.4, -0.2) is 16.9 Å². The second-order valence-corrected chi connectivity index (χ2v) is 4.92. The highest BCUT2D eigenvalue weighted by atomic mass is 16.5. The summed E-state index contributed by atoms with van der Waals surface area (Å²) < 4.78 is 5.26. The van der Waals surface area contributed by atoms with Crippen molar-refractivity contribution in [3.63, 3.8) is 0 Å². The predicted molar refractivity (Wildman–Crippen MR) is 78.7 cm³/mol. The molecule has 0 heterocycles. The monoisotopic (exact) mass is 284 g/mol. The fraction of sp³-hybridized carbons (Fsp3) is 0.176. The first-order valence-electron chi connectivity index (χ1n) is 6.64. The van der Waals surface area contributed by atoms with Crippen molar-refractivity contribution in [1.29, 1.82) is 0 Å². The lowest BCUT2D eigenvalue weighted by atomic mass is 10.0. The van der Waals surface area contributed by atoms with E-state index in [2.05, 4.69) is 0 Å². The van der Waals surface area contributed by atoms with E-state index in [0.717, 1.165) is 0 Å². The summed E-state index contributed by atoms with van der Waals surface area (Å²) in [4.78, 5) is 24.2. The van der Waals surface area contributed by atoms with Crippen molar-refractivity contribution in [2.45, 2.75) is 13.8 Å². The van der Waals surface area contributed by atoms with E-state index >= 15 is 0 Å². The fourth-order valence-electron chi connectivity index (χ4n) is 1.87. The molecule has 0 radical (unpaired) electrons. The summed E-state index contributed by atoms with van der Waals surface area (Å²) in [6.45, 7) is 3.56. The van der Waals surface area contributed by atoms with Crippen LogP contribution in [0.5, 0.6) is 11.5 Å². The molecular weight excluding hydrogens is 268 g/mol. The van der Waals surface area contributed by atoms with Gasteiger partial charge < -0.3 is 9.84 Å². The zero-order chi connectivity index (χ0) is 15.4. The lowest BCUT2D eigenvalue weighted by molar-refractivity contribution is 0.0728. The Morgan fingerprint density at radius 1 is 0.952 bits per heavy atom. The number of hydrogen-bond donors (Lipinski definition) is 1. The van der Waals surface area contributed by atoms with Crippen LogP contribution in [0, 0.1) is 5.92 Å². The third-order valence-corrected chi connectivity index (χ3v) is 3.00. The molecule has 0 atom stereocenters. The Morgan fingerprint density at radius 2 is 1.52 bits per heavy atom. The minimum atomic E-state index is -0.697. The van der Waals surface area contributed by atoms with Gasteiger partial charge in [0.25, 0.3) is 0 Å². The molecule has 2 aromatic rings. The number of carbonyl (C=O) groups excluding carboxylic acids is 2. The number of Topliss-reactive ketones (excluding diaryl/α,β-unsaturated/α-hetero) is 1. The molecule has 0 amide bonds. The third kappa shape index (κ3) is 3.28. The molecule has 0 fully saturated rings. The Hall–Kier alpha value is -2.62. The van der Waals surface area contributed by atoms with E-state index in [9.17, 15) is 14.7 Å². The van der Waals surface area contributed by atoms with E-state index in [1.54, 1.807) is 50.2 Å². The van der Waals surface area contributed by atoms with Gasteiger partial charge in [-0.25, -0.2) is 4.79 Å². The van der Waals surface area contributed by atoms with Gasteiger partial charge in [0.15, 0.2) is 5.78 Å². The lowest BCUT2D eigenvalue weighted by Gasteiger charge is -2.11. The Morgan fingerprint density at radius 3 is 2.14 bits per heavy atom. The largest absolute Gasteiger partial charge is 0.507 e. The standard InChI is InChI=1S/C17H16O4/c1-11(2)16(19)13-8-4-6-10-15(13)21-17(20)12-7-3-5-9-14(12)18/h3-11,18H,1-2H3. The first-order valence-corrected chi connectivity index (χ1v) is 6.64. The average molecular weight is 284 g/mol. The fourth-order valence-corrected chi connectivity index (χ4v) is 1.87. The Labute approximate surface area is 123 Å². The number of benzene rings is 2.